The zero-order valence-corrected chi connectivity index (χ0v) is 20.1. The van der Waals surface area contributed by atoms with Crippen LogP contribution in [0.25, 0.3) is 10.9 Å². The third-order valence-electron chi connectivity index (χ3n) is 5.73. The van der Waals surface area contributed by atoms with Crippen molar-refractivity contribution in [3.05, 3.63) is 65.1 Å². The monoisotopic (exact) mass is 502 g/mol. The minimum atomic E-state index is -0.723. The van der Waals surface area contributed by atoms with Crippen LogP contribution in [0.4, 0.5) is 4.39 Å². The summed E-state index contributed by atoms with van der Waals surface area (Å²) in [7, 11) is 0. The van der Waals surface area contributed by atoms with Crippen LogP contribution in [0.15, 0.2) is 59.4 Å². The highest BCUT2D eigenvalue weighted by molar-refractivity contribution is 6.31. The van der Waals surface area contributed by atoms with Crippen molar-refractivity contribution in [2.75, 3.05) is 13.1 Å². The number of hydrogen-bond acceptors (Lipinski definition) is 5. The van der Waals surface area contributed by atoms with E-state index < -0.39 is 17.6 Å². The van der Waals surface area contributed by atoms with Crippen LogP contribution < -0.4 is 16.8 Å². The van der Waals surface area contributed by atoms with E-state index in [0.29, 0.717) is 23.7 Å². The Kier molecular flexibility index (Phi) is 8.42. The molecule has 0 unspecified atom stereocenters. The lowest BCUT2D eigenvalue weighted by atomic mass is 9.86. The van der Waals surface area contributed by atoms with Crippen molar-refractivity contribution in [2.24, 2.45) is 11.5 Å². The van der Waals surface area contributed by atoms with E-state index in [2.05, 4.69) is 17.0 Å². The molecule has 1 aliphatic rings. The number of allylic oxidation sites excluding steroid dienone is 3. The lowest BCUT2D eigenvalue weighted by Gasteiger charge is -2.41. The first-order valence-electron chi connectivity index (χ1n) is 11.1. The predicted octanol–water partition coefficient (Wildman–Crippen LogP) is 2.12. The molecule has 1 saturated carbocycles. The summed E-state index contributed by atoms with van der Waals surface area (Å²) < 4.78 is 15.6. The number of para-hydroxylation sites is 1. The molecule has 0 atom stereocenters. The average molecular weight is 503 g/mol. The number of carbonyl (C=O) groups excluding carboxylic acids is 3. The zero-order valence-electron chi connectivity index (χ0n) is 19.3. The number of rotatable bonds is 10. The van der Waals surface area contributed by atoms with Gasteiger partial charge in [0.15, 0.2) is 5.69 Å². The molecule has 0 radical (unpaired) electrons. The van der Waals surface area contributed by atoms with Crippen molar-refractivity contribution >= 4 is 40.2 Å². The SMILES string of the molecule is C=C(CNC(=O)CN(C(=O)Cn1nc(C(N)=O)c2ccccc21)C1CC(N)C1)/C(F)=C(Cl)\C=C/C. The summed E-state index contributed by atoms with van der Waals surface area (Å²) in [6, 6.07) is 6.65. The molecule has 3 amide bonds. The number of aromatic nitrogens is 2. The van der Waals surface area contributed by atoms with Gasteiger partial charge in [0.1, 0.15) is 12.4 Å². The maximum absolute atomic E-state index is 14.2. The molecule has 2 aromatic rings. The summed E-state index contributed by atoms with van der Waals surface area (Å²) in [6.45, 7) is 4.68. The van der Waals surface area contributed by atoms with Crippen LogP contribution >= 0.6 is 11.6 Å². The Labute approximate surface area is 207 Å². The van der Waals surface area contributed by atoms with Crippen molar-refractivity contribution in [1.82, 2.24) is 20.0 Å². The van der Waals surface area contributed by atoms with Gasteiger partial charge < -0.3 is 21.7 Å². The van der Waals surface area contributed by atoms with Gasteiger partial charge in [-0.2, -0.15) is 5.10 Å². The summed E-state index contributed by atoms with van der Waals surface area (Å²) in [4.78, 5) is 39.1. The Morgan fingerprint density at radius 3 is 2.66 bits per heavy atom. The molecular weight excluding hydrogens is 475 g/mol. The van der Waals surface area contributed by atoms with Crippen molar-refractivity contribution < 1.29 is 18.8 Å². The third kappa shape index (κ3) is 6.14. The van der Waals surface area contributed by atoms with Gasteiger partial charge >= 0.3 is 0 Å². The molecule has 1 heterocycles. The minimum Gasteiger partial charge on any atom is -0.364 e. The first-order valence-corrected chi connectivity index (χ1v) is 11.4. The smallest absolute Gasteiger partial charge is 0.269 e. The fraction of sp³-hybridized carbons (Fsp3) is 0.333. The van der Waals surface area contributed by atoms with Gasteiger partial charge in [0.25, 0.3) is 5.91 Å². The van der Waals surface area contributed by atoms with E-state index in [-0.39, 0.29) is 53.9 Å². The number of fused-ring (bicyclic) bond motifs is 1. The highest BCUT2D eigenvalue weighted by Crippen LogP contribution is 2.25. The zero-order chi connectivity index (χ0) is 25.7. The van der Waals surface area contributed by atoms with Crippen molar-refractivity contribution in [1.29, 1.82) is 0 Å². The second kappa shape index (κ2) is 11.3. The first kappa shape index (κ1) is 26.1. The molecule has 0 aliphatic heterocycles. The number of nitrogens with two attached hydrogens (primary N) is 2. The van der Waals surface area contributed by atoms with E-state index in [9.17, 15) is 18.8 Å². The van der Waals surface area contributed by atoms with Gasteiger partial charge in [-0.3, -0.25) is 19.1 Å². The van der Waals surface area contributed by atoms with Crippen LogP contribution in [0.3, 0.4) is 0 Å². The highest BCUT2D eigenvalue weighted by Gasteiger charge is 2.35. The number of carbonyl (C=O) groups is 3. The van der Waals surface area contributed by atoms with E-state index in [1.807, 2.05) is 0 Å². The standard InChI is InChI=1S/C24H28ClFN6O3/c1-3-6-18(25)22(26)14(2)11-29-20(33)12-31(16-9-15(27)10-16)21(34)13-32-19-8-5-4-7-17(19)23(30-32)24(28)35/h3-8,15-16H,2,9-13,27H2,1H3,(H2,28,35)(H,29,33)/b6-3-,22-18-. The molecule has 9 nitrogen and oxygen atoms in total. The van der Waals surface area contributed by atoms with Gasteiger partial charge in [-0.15, -0.1) is 0 Å². The third-order valence-corrected chi connectivity index (χ3v) is 6.03. The largest absolute Gasteiger partial charge is 0.364 e. The van der Waals surface area contributed by atoms with E-state index >= 15 is 0 Å². The van der Waals surface area contributed by atoms with E-state index in [0.717, 1.165) is 0 Å². The topological polar surface area (TPSA) is 136 Å². The molecule has 186 valence electrons. The molecule has 0 spiro atoms. The fourth-order valence-electron chi connectivity index (χ4n) is 3.84. The fourth-order valence-corrected chi connectivity index (χ4v) is 4.10. The number of nitrogens with zero attached hydrogens (tertiary/aromatic N) is 3. The quantitative estimate of drug-likeness (QED) is 0.427. The van der Waals surface area contributed by atoms with Crippen LogP contribution in [-0.2, 0) is 16.1 Å². The van der Waals surface area contributed by atoms with Gasteiger partial charge in [-0.25, -0.2) is 4.39 Å². The molecule has 0 bridgehead atoms. The number of hydrogen-bond donors (Lipinski definition) is 3. The normalized spacial score (nSPS) is 18.2. The Balaban J connectivity index is 1.72. The molecule has 5 N–H and O–H groups in total. The molecule has 1 fully saturated rings. The molecule has 11 heteroatoms. The van der Waals surface area contributed by atoms with Crippen LogP contribution in [0, 0.1) is 0 Å². The van der Waals surface area contributed by atoms with Gasteiger partial charge in [0.2, 0.25) is 11.8 Å². The van der Waals surface area contributed by atoms with E-state index in [1.54, 1.807) is 37.3 Å². The summed E-state index contributed by atoms with van der Waals surface area (Å²) >= 11 is 5.83. The van der Waals surface area contributed by atoms with E-state index in [4.69, 9.17) is 23.1 Å². The number of amides is 3. The second-order valence-electron chi connectivity index (χ2n) is 8.34. The van der Waals surface area contributed by atoms with Crippen LogP contribution in [-0.4, -0.2) is 57.6 Å². The summed E-state index contributed by atoms with van der Waals surface area (Å²) in [5, 5.41) is 7.20. The molecular formula is C24H28ClFN6O3. The number of nitrogens with one attached hydrogen (secondary N) is 1. The Bertz CT molecular complexity index is 1220. The average Bonchev–Trinajstić information content (AvgIpc) is 3.17. The van der Waals surface area contributed by atoms with Crippen LogP contribution in [0.2, 0.25) is 0 Å². The van der Waals surface area contributed by atoms with Gasteiger partial charge in [-0.1, -0.05) is 42.5 Å². The van der Waals surface area contributed by atoms with Crippen molar-refractivity contribution in [3.8, 4) is 0 Å². The van der Waals surface area contributed by atoms with Gasteiger partial charge in [0, 0.05) is 29.6 Å². The summed E-state index contributed by atoms with van der Waals surface area (Å²) in [5.41, 5.74) is 12.0. The molecule has 1 aromatic heterocycles. The van der Waals surface area contributed by atoms with Gasteiger partial charge in [-0.05, 0) is 31.9 Å². The molecule has 3 rings (SSSR count). The van der Waals surface area contributed by atoms with Crippen molar-refractivity contribution in [3.63, 3.8) is 0 Å². The first-order chi connectivity index (χ1) is 16.6. The number of primary amides is 1. The Hall–Kier alpha value is -3.50. The minimum absolute atomic E-state index is 0.00647. The lowest BCUT2D eigenvalue weighted by Crippen LogP contribution is -2.56. The lowest BCUT2D eigenvalue weighted by molar-refractivity contribution is -0.141. The predicted molar refractivity (Wildman–Crippen MR) is 132 cm³/mol. The maximum atomic E-state index is 14.2. The number of halogens is 2. The summed E-state index contributed by atoms with van der Waals surface area (Å²) in [6.07, 6.45) is 4.06. The van der Waals surface area contributed by atoms with Crippen molar-refractivity contribution in [2.45, 2.75) is 38.4 Å². The molecule has 1 aromatic carbocycles. The maximum Gasteiger partial charge on any atom is 0.269 e. The Morgan fingerprint density at radius 1 is 1.34 bits per heavy atom. The molecule has 35 heavy (non-hydrogen) atoms. The van der Waals surface area contributed by atoms with Crippen LogP contribution in [0.5, 0.6) is 0 Å². The Morgan fingerprint density at radius 2 is 2.03 bits per heavy atom. The summed E-state index contributed by atoms with van der Waals surface area (Å²) in [5.74, 6) is -2.29. The van der Waals surface area contributed by atoms with E-state index in [1.165, 1.54) is 15.7 Å². The van der Waals surface area contributed by atoms with Crippen LogP contribution in [0.1, 0.15) is 30.3 Å². The second-order valence-corrected chi connectivity index (χ2v) is 8.74. The molecule has 0 saturated heterocycles. The number of benzene rings is 1. The highest BCUT2D eigenvalue weighted by atomic mass is 35.5. The molecule has 1 aliphatic carbocycles. The van der Waals surface area contributed by atoms with Gasteiger partial charge in [0.05, 0.1) is 17.1 Å².